The van der Waals surface area contributed by atoms with Crippen LogP contribution in [0, 0.1) is 0 Å². The summed E-state index contributed by atoms with van der Waals surface area (Å²) in [5, 5.41) is 0. The fourth-order valence-electron chi connectivity index (χ4n) is 3.89. The van der Waals surface area contributed by atoms with Crippen LogP contribution >= 0.6 is 11.3 Å². The molecule has 2 amide bonds. The molecule has 11 heteroatoms. The minimum atomic E-state index is -4.05. The van der Waals surface area contributed by atoms with E-state index >= 15 is 0 Å². The number of amides is 2. The lowest BCUT2D eigenvalue weighted by molar-refractivity contribution is -0.141. The number of para-hydroxylation sites is 2. The van der Waals surface area contributed by atoms with Gasteiger partial charge in [0.25, 0.3) is 5.91 Å². The number of nitrogens with zero attached hydrogens (tertiary/aromatic N) is 3. The first-order chi connectivity index (χ1) is 16.3. The maximum Gasteiger partial charge on any atom is 0.325 e. The molecular formula is C23H23N3O6S2. The first kappa shape index (κ1) is 23.8. The van der Waals surface area contributed by atoms with E-state index in [-0.39, 0.29) is 11.3 Å². The third kappa shape index (κ3) is 5.26. The van der Waals surface area contributed by atoms with Gasteiger partial charge in [0.2, 0.25) is 5.91 Å². The van der Waals surface area contributed by atoms with Gasteiger partial charge in [0.05, 0.1) is 17.3 Å². The number of anilines is 1. The molecular weight excluding hydrogens is 478 g/mol. The molecule has 2 aromatic carbocycles. The van der Waals surface area contributed by atoms with Crippen LogP contribution in [-0.4, -0.2) is 55.9 Å². The summed E-state index contributed by atoms with van der Waals surface area (Å²) in [4.78, 5) is 42.8. The Kier molecular flexibility index (Phi) is 6.94. The normalized spacial score (nSPS) is 14.1. The van der Waals surface area contributed by atoms with E-state index in [0.29, 0.717) is 17.7 Å². The van der Waals surface area contributed by atoms with Crippen LogP contribution in [0.2, 0.25) is 0 Å². The van der Waals surface area contributed by atoms with Crippen molar-refractivity contribution in [1.82, 2.24) is 4.57 Å². The zero-order valence-corrected chi connectivity index (χ0v) is 20.1. The molecule has 0 saturated carbocycles. The van der Waals surface area contributed by atoms with Gasteiger partial charge in [0.1, 0.15) is 18.1 Å². The highest BCUT2D eigenvalue weighted by Gasteiger charge is 2.28. The molecule has 1 aromatic heterocycles. The highest BCUT2D eigenvalue weighted by atomic mass is 32.2. The predicted octanol–water partition coefficient (Wildman–Crippen LogP) is 1.70. The van der Waals surface area contributed by atoms with Crippen LogP contribution in [0.25, 0.3) is 10.2 Å². The lowest BCUT2D eigenvalue weighted by Crippen LogP contribution is -2.40. The third-order valence-electron chi connectivity index (χ3n) is 5.42. The van der Waals surface area contributed by atoms with Crippen LogP contribution in [0.5, 0.6) is 0 Å². The van der Waals surface area contributed by atoms with Crippen molar-refractivity contribution in [2.45, 2.75) is 19.4 Å². The standard InChI is InChI=1S/C23H23N3O6S2/c1-32-22(29)13-26-18-10-4-5-11-19(18)33-23(26)24-20(27)14-34(30,31)15-21(28)25-12-6-8-16-7-2-3-9-17(16)25/h2-5,7,9-11H,6,8,12-15H2,1H3. The van der Waals surface area contributed by atoms with Gasteiger partial charge >= 0.3 is 5.97 Å². The largest absolute Gasteiger partial charge is 0.468 e. The van der Waals surface area contributed by atoms with E-state index in [1.54, 1.807) is 24.3 Å². The summed E-state index contributed by atoms with van der Waals surface area (Å²) in [5.74, 6) is -3.69. The van der Waals surface area contributed by atoms with Crippen LogP contribution in [0.15, 0.2) is 53.5 Å². The molecule has 0 bridgehead atoms. The number of fused-ring (bicyclic) bond motifs is 2. The number of thiazole rings is 1. The maximum atomic E-state index is 12.8. The molecule has 1 aliphatic heterocycles. The molecule has 0 fully saturated rings. The van der Waals surface area contributed by atoms with Gasteiger partial charge in [-0.05, 0) is 36.6 Å². The molecule has 2 heterocycles. The summed E-state index contributed by atoms with van der Waals surface area (Å²) >= 11 is 1.16. The van der Waals surface area contributed by atoms with Crippen molar-refractivity contribution in [2.24, 2.45) is 4.99 Å². The Morgan fingerprint density at radius 1 is 1.06 bits per heavy atom. The van der Waals surface area contributed by atoms with Crippen LogP contribution in [0.3, 0.4) is 0 Å². The van der Waals surface area contributed by atoms with Gasteiger partial charge in [-0.2, -0.15) is 4.99 Å². The minimum Gasteiger partial charge on any atom is -0.468 e. The van der Waals surface area contributed by atoms with Gasteiger partial charge in [-0.25, -0.2) is 8.42 Å². The molecule has 0 unspecified atom stereocenters. The van der Waals surface area contributed by atoms with Crippen LogP contribution in [-0.2, 0) is 41.9 Å². The van der Waals surface area contributed by atoms with Crippen molar-refractivity contribution in [3.05, 3.63) is 58.9 Å². The number of sulfone groups is 1. The first-order valence-corrected chi connectivity index (χ1v) is 13.2. The van der Waals surface area contributed by atoms with E-state index in [0.717, 1.165) is 34.4 Å². The Labute approximate surface area is 200 Å². The number of esters is 1. The minimum absolute atomic E-state index is 0.174. The summed E-state index contributed by atoms with van der Waals surface area (Å²) in [6.45, 7) is 0.255. The van der Waals surface area contributed by atoms with Gasteiger partial charge in [0, 0.05) is 12.2 Å². The first-order valence-electron chi connectivity index (χ1n) is 10.6. The van der Waals surface area contributed by atoms with Gasteiger partial charge in [-0.3, -0.25) is 14.4 Å². The second-order valence-electron chi connectivity index (χ2n) is 7.83. The summed E-state index contributed by atoms with van der Waals surface area (Å²) < 4.78 is 32.3. The fourth-order valence-corrected chi connectivity index (χ4v) is 6.01. The van der Waals surface area contributed by atoms with Gasteiger partial charge in [-0.1, -0.05) is 41.7 Å². The van der Waals surface area contributed by atoms with Crippen molar-refractivity contribution in [1.29, 1.82) is 0 Å². The van der Waals surface area contributed by atoms with Crippen LogP contribution in [0.1, 0.15) is 12.0 Å². The zero-order chi connectivity index (χ0) is 24.3. The van der Waals surface area contributed by atoms with E-state index in [1.807, 2.05) is 24.3 Å². The Balaban J connectivity index is 1.54. The number of rotatable bonds is 6. The van der Waals surface area contributed by atoms with E-state index < -0.39 is 39.1 Å². The average Bonchev–Trinajstić information content (AvgIpc) is 3.14. The van der Waals surface area contributed by atoms with Crippen molar-refractivity contribution in [3.8, 4) is 0 Å². The summed E-state index contributed by atoms with van der Waals surface area (Å²) in [6.07, 6.45) is 1.56. The molecule has 9 nitrogen and oxygen atoms in total. The Hall–Kier alpha value is -3.31. The molecule has 34 heavy (non-hydrogen) atoms. The fraction of sp³-hybridized carbons (Fsp3) is 0.304. The van der Waals surface area contributed by atoms with E-state index in [4.69, 9.17) is 4.74 Å². The monoisotopic (exact) mass is 501 g/mol. The number of aromatic nitrogens is 1. The summed E-state index contributed by atoms with van der Waals surface area (Å²) in [5.41, 5.74) is 2.37. The highest BCUT2D eigenvalue weighted by molar-refractivity contribution is 7.92. The Morgan fingerprint density at radius 2 is 1.79 bits per heavy atom. The SMILES string of the molecule is COC(=O)Cn1c(=NC(=O)CS(=O)(=O)CC(=O)N2CCCc3ccccc32)sc2ccccc21. The van der Waals surface area contributed by atoms with Crippen molar-refractivity contribution >= 4 is 54.9 Å². The Morgan fingerprint density at radius 3 is 2.59 bits per heavy atom. The molecule has 0 aliphatic carbocycles. The molecule has 0 saturated heterocycles. The van der Waals surface area contributed by atoms with E-state index in [9.17, 15) is 22.8 Å². The second-order valence-corrected chi connectivity index (χ2v) is 10.9. The zero-order valence-electron chi connectivity index (χ0n) is 18.5. The smallest absolute Gasteiger partial charge is 0.325 e. The molecule has 178 valence electrons. The van der Waals surface area contributed by atoms with Crippen molar-refractivity contribution in [2.75, 3.05) is 30.1 Å². The number of aryl methyl sites for hydroxylation is 1. The number of hydrogen-bond acceptors (Lipinski definition) is 7. The average molecular weight is 502 g/mol. The number of ether oxygens (including phenoxy) is 1. The van der Waals surface area contributed by atoms with Crippen molar-refractivity contribution < 1.29 is 27.5 Å². The van der Waals surface area contributed by atoms with Gasteiger partial charge in [-0.15, -0.1) is 0 Å². The molecule has 3 aromatic rings. The molecule has 0 radical (unpaired) electrons. The van der Waals surface area contributed by atoms with Crippen LogP contribution in [0.4, 0.5) is 5.69 Å². The maximum absolute atomic E-state index is 12.8. The van der Waals surface area contributed by atoms with E-state index in [1.165, 1.54) is 16.6 Å². The lowest BCUT2D eigenvalue weighted by Gasteiger charge is -2.29. The molecule has 4 rings (SSSR count). The van der Waals surface area contributed by atoms with Crippen molar-refractivity contribution in [3.63, 3.8) is 0 Å². The topological polar surface area (TPSA) is 115 Å². The quantitative estimate of drug-likeness (QED) is 0.475. The molecule has 0 atom stereocenters. The third-order valence-corrected chi connectivity index (χ3v) is 7.85. The lowest BCUT2D eigenvalue weighted by atomic mass is 10.0. The molecule has 0 spiro atoms. The highest BCUT2D eigenvalue weighted by Crippen LogP contribution is 2.27. The number of hydrogen-bond donors (Lipinski definition) is 0. The van der Waals surface area contributed by atoms with Crippen LogP contribution < -0.4 is 9.70 Å². The number of benzene rings is 2. The number of carbonyl (C=O) groups excluding carboxylic acids is 3. The van der Waals surface area contributed by atoms with Gasteiger partial charge in [0.15, 0.2) is 14.6 Å². The number of carbonyl (C=O) groups is 3. The predicted molar refractivity (Wildman–Crippen MR) is 128 cm³/mol. The summed E-state index contributed by atoms with van der Waals surface area (Å²) in [6, 6.07) is 14.6. The number of methoxy groups -OCH3 is 1. The van der Waals surface area contributed by atoms with E-state index in [2.05, 4.69) is 4.99 Å². The second kappa shape index (κ2) is 9.90. The summed E-state index contributed by atoms with van der Waals surface area (Å²) in [7, 11) is -2.80. The molecule has 0 N–H and O–H groups in total. The van der Waals surface area contributed by atoms with Gasteiger partial charge < -0.3 is 14.2 Å². The molecule has 1 aliphatic rings. The Bertz CT molecular complexity index is 1440.